The van der Waals surface area contributed by atoms with Crippen molar-refractivity contribution < 1.29 is 17.9 Å². The van der Waals surface area contributed by atoms with E-state index in [1.807, 2.05) is 31.2 Å². The average molecular weight is 463 g/mol. The standard InChI is InChI=1S/C30H29F3O/c1-3-5-6-7-23-13-16-26(30(33)29(23)32)22-11-9-21(10-12-22)25-15-14-24(18-27(25)31)28-17-8-20(4-2)19-34-28/h3-5,9-16,18,20,28H,2,6-8,17,19H2,1H3/b5-3+. The lowest BCUT2D eigenvalue weighted by molar-refractivity contribution is -0.00528. The van der Waals surface area contributed by atoms with Crippen molar-refractivity contribution in [3.63, 3.8) is 0 Å². The van der Waals surface area contributed by atoms with E-state index in [4.69, 9.17) is 4.74 Å². The monoisotopic (exact) mass is 462 g/mol. The van der Waals surface area contributed by atoms with Gasteiger partial charge in [0.1, 0.15) is 5.82 Å². The largest absolute Gasteiger partial charge is 0.373 e. The predicted octanol–water partition coefficient (Wildman–Crippen LogP) is 8.60. The lowest BCUT2D eigenvalue weighted by Crippen LogP contribution is -2.19. The summed E-state index contributed by atoms with van der Waals surface area (Å²) in [4.78, 5) is 0. The van der Waals surface area contributed by atoms with E-state index in [0.717, 1.165) is 18.4 Å². The zero-order valence-corrected chi connectivity index (χ0v) is 19.4. The average Bonchev–Trinajstić information content (AvgIpc) is 2.87. The lowest BCUT2D eigenvalue weighted by atomic mass is 9.93. The summed E-state index contributed by atoms with van der Waals surface area (Å²) >= 11 is 0. The summed E-state index contributed by atoms with van der Waals surface area (Å²) in [6, 6.07) is 15.3. The number of allylic oxidation sites excluding steroid dienone is 2. The van der Waals surface area contributed by atoms with Crippen LogP contribution in [0.2, 0.25) is 0 Å². The Morgan fingerprint density at radius 3 is 2.24 bits per heavy atom. The van der Waals surface area contributed by atoms with Gasteiger partial charge in [0.15, 0.2) is 11.6 Å². The van der Waals surface area contributed by atoms with Gasteiger partial charge in [0, 0.05) is 17.0 Å². The van der Waals surface area contributed by atoms with E-state index in [2.05, 4.69) is 6.58 Å². The quantitative estimate of drug-likeness (QED) is 0.319. The molecule has 2 unspecified atom stereocenters. The first-order valence-corrected chi connectivity index (χ1v) is 11.7. The summed E-state index contributed by atoms with van der Waals surface area (Å²) in [6.07, 6.45) is 8.53. The van der Waals surface area contributed by atoms with E-state index in [1.54, 1.807) is 42.5 Å². The molecule has 34 heavy (non-hydrogen) atoms. The Morgan fingerprint density at radius 2 is 1.62 bits per heavy atom. The van der Waals surface area contributed by atoms with E-state index in [-0.39, 0.29) is 17.5 Å². The Labute approximate surface area is 199 Å². The number of hydrogen-bond donors (Lipinski definition) is 0. The third kappa shape index (κ3) is 5.18. The first-order valence-electron chi connectivity index (χ1n) is 11.7. The highest BCUT2D eigenvalue weighted by Crippen LogP contribution is 2.34. The van der Waals surface area contributed by atoms with Crippen molar-refractivity contribution in [2.75, 3.05) is 6.61 Å². The van der Waals surface area contributed by atoms with Crippen molar-refractivity contribution in [1.82, 2.24) is 0 Å². The third-order valence-electron chi connectivity index (χ3n) is 6.49. The molecule has 1 aliphatic heterocycles. The van der Waals surface area contributed by atoms with Crippen molar-refractivity contribution in [1.29, 1.82) is 0 Å². The molecule has 4 heteroatoms. The second-order valence-electron chi connectivity index (χ2n) is 8.72. The SMILES string of the molecule is C=CC1CCC(c2ccc(-c3ccc(-c4ccc(CC/C=C/C)c(F)c4F)cc3)c(F)c2)OC1. The minimum Gasteiger partial charge on any atom is -0.373 e. The van der Waals surface area contributed by atoms with Gasteiger partial charge < -0.3 is 4.74 Å². The molecule has 4 rings (SSSR count). The van der Waals surface area contributed by atoms with Crippen molar-refractivity contribution in [3.05, 3.63) is 108 Å². The van der Waals surface area contributed by atoms with E-state index < -0.39 is 11.6 Å². The van der Waals surface area contributed by atoms with Crippen LogP contribution in [0.3, 0.4) is 0 Å². The number of aryl methyl sites for hydroxylation is 1. The molecule has 3 aromatic carbocycles. The molecule has 1 saturated heterocycles. The fraction of sp³-hybridized carbons (Fsp3) is 0.267. The van der Waals surface area contributed by atoms with Gasteiger partial charge in [-0.3, -0.25) is 0 Å². The molecule has 0 spiro atoms. The second kappa shape index (κ2) is 10.9. The number of halogens is 3. The Bertz CT molecular complexity index is 1170. The highest BCUT2D eigenvalue weighted by atomic mass is 19.2. The fourth-order valence-corrected chi connectivity index (χ4v) is 4.43. The Hall–Kier alpha value is -3.11. The summed E-state index contributed by atoms with van der Waals surface area (Å²) < 4.78 is 50.1. The van der Waals surface area contributed by atoms with Crippen LogP contribution in [0.1, 0.15) is 43.4 Å². The van der Waals surface area contributed by atoms with Gasteiger partial charge in [-0.1, -0.05) is 66.8 Å². The third-order valence-corrected chi connectivity index (χ3v) is 6.49. The van der Waals surface area contributed by atoms with Crippen LogP contribution in [-0.4, -0.2) is 6.61 Å². The van der Waals surface area contributed by atoms with Crippen LogP contribution in [0, 0.1) is 23.4 Å². The van der Waals surface area contributed by atoms with Crippen LogP contribution in [0.25, 0.3) is 22.3 Å². The molecule has 2 atom stereocenters. The summed E-state index contributed by atoms with van der Waals surface area (Å²) in [6.45, 7) is 6.31. The van der Waals surface area contributed by atoms with Crippen molar-refractivity contribution in [2.45, 2.75) is 38.7 Å². The van der Waals surface area contributed by atoms with Crippen LogP contribution in [0.5, 0.6) is 0 Å². The molecular weight excluding hydrogens is 433 g/mol. The molecular formula is C30H29F3O. The predicted molar refractivity (Wildman–Crippen MR) is 132 cm³/mol. The van der Waals surface area contributed by atoms with E-state index in [1.165, 1.54) is 6.07 Å². The van der Waals surface area contributed by atoms with Crippen LogP contribution >= 0.6 is 0 Å². The first-order chi connectivity index (χ1) is 16.5. The van der Waals surface area contributed by atoms with Gasteiger partial charge in [-0.05, 0) is 60.9 Å². The van der Waals surface area contributed by atoms with Crippen molar-refractivity contribution in [2.24, 2.45) is 5.92 Å². The summed E-state index contributed by atoms with van der Waals surface area (Å²) in [5.41, 5.74) is 3.06. The molecule has 0 radical (unpaired) electrons. The van der Waals surface area contributed by atoms with E-state index in [0.29, 0.717) is 47.6 Å². The summed E-state index contributed by atoms with van der Waals surface area (Å²) in [7, 11) is 0. The van der Waals surface area contributed by atoms with Crippen LogP contribution in [-0.2, 0) is 11.2 Å². The Balaban J connectivity index is 1.52. The smallest absolute Gasteiger partial charge is 0.166 e. The van der Waals surface area contributed by atoms with Gasteiger partial charge in [0.25, 0.3) is 0 Å². The topological polar surface area (TPSA) is 9.23 Å². The van der Waals surface area contributed by atoms with Crippen LogP contribution in [0.15, 0.2) is 79.4 Å². The molecule has 1 heterocycles. The first kappa shape index (κ1) is 24.0. The highest BCUT2D eigenvalue weighted by Gasteiger charge is 2.22. The number of rotatable bonds is 7. The highest BCUT2D eigenvalue weighted by molar-refractivity contribution is 5.71. The van der Waals surface area contributed by atoms with Crippen LogP contribution in [0.4, 0.5) is 13.2 Å². The van der Waals surface area contributed by atoms with Crippen LogP contribution < -0.4 is 0 Å². The maximum Gasteiger partial charge on any atom is 0.166 e. The molecule has 3 aromatic rings. The summed E-state index contributed by atoms with van der Waals surface area (Å²) in [5, 5.41) is 0. The van der Waals surface area contributed by atoms with Crippen molar-refractivity contribution in [3.8, 4) is 22.3 Å². The number of ether oxygens (including phenoxy) is 1. The number of benzene rings is 3. The zero-order valence-electron chi connectivity index (χ0n) is 19.4. The van der Waals surface area contributed by atoms with E-state index >= 15 is 0 Å². The molecule has 1 fully saturated rings. The number of hydrogen-bond acceptors (Lipinski definition) is 1. The van der Waals surface area contributed by atoms with Gasteiger partial charge in [-0.15, -0.1) is 6.58 Å². The lowest BCUT2D eigenvalue weighted by Gasteiger charge is -2.27. The fourth-order valence-electron chi connectivity index (χ4n) is 4.43. The molecule has 0 aliphatic carbocycles. The molecule has 0 saturated carbocycles. The summed E-state index contributed by atoms with van der Waals surface area (Å²) in [5.74, 6) is -1.64. The van der Waals surface area contributed by atoms with Gasteiger partial charge in [0.2, 0.25) is 0 Å². The zero-order chi connectivity index (χ0) is 24.1. The van der Waals surface area contributed by atoms with Crippen molar-refractivity contribution >= 4 is 0 Å². The minimum atomic E-state index is -0.854. The molecule has 1 aliphatic rings. The molecule has 0 aromatic heterocycles. The maximum atomic E-state index is 15.0. The molecule has 0 bridgehead atoms. The minimum absolute atomic E-state index is 0.110. The molecule has 0 N–H and O–H groups in total. The van der Waals surface area contributed by atoms with Gasteiger partial charge >= 0.3 is 0 Å². The maximum absolute atomic E-state index is 15.0. The van der Waals surface area contributed by atoms with Gasteiger partial charge in [0.05, 0.1) is 12.7 Å². The Morgan fingerprint density at radius 1 is 0.912 bits per heavy atom. The second-order valence-corrected chi connectivity index (χ2v) is 8.72. The van der Waals surface area contributed by atoms with E-state index in [9.17, 15) is 13.2 Å². The normalized spacial score (nSPS) is 18.4. The Kier molecular flexibility index (Phi) is 7.69. The van der Waals surface area contributed by atoms with Gasteiger partial charge in [-0.2, -0.15) is 0 Å². The van der Waals surface area contributed by atoms with Gasteiger partial charge in [-0.25, -0.2) is 13.2 Å². The molecule has 0 amide bonds. The molecule has 1 nitrogen and oxygen atoms in total. The molecule has 176 valence electrons.